The van der Waals surface area contributed by atoms with Gasteiger partial charge in [0, 0.05) is 37.4 Å². The van der Waals surface area contributed by atoms with Gasteiger partial charge in [0.15, 0.2) is 5.75 Å². The van der Waals surface area contributed by atoms with E-state index in [0.29, 0.717) is 30.8 Å². The lowest BCUT2D eigenvalue weighted by Crippen LogP contribution is -2.39. The van der Waals surface area contributed by atoms with E-state index in [1.54, 1.807) is 12.1 Å². The molecule has 6 nitrogen and oxygen atoms in total. The van der Waals surface area contributed by atoms with Crippen molar-refractivity contribution in [2.75, 3.05) is 51.9 Å². The van der Waals surface area contributed by atoms with Gasteiger partial charge in [-0.1, -0.05) is 37.0 Å². The van der Waals surface area contributed by atoms with Gasteiger partial charge in [-0.15, -0.1) is 11.6 Å². The first-order valence-corrected chi connectivity index (χ1v) is 13.9. The molecule has 2 aromatic carbocycles. The second kappa shape index (κ2) is 12.7. The summed E-state index contributed by atoms with van der Waals surface area (Å²) in [5.74, 6) is 1.71. The van der Waals surface area contributed by atoms with E-state index >= 15 is 0 Å². The van der Waals surface area contributed by atoms with Crippen LogP contribution in [0.25, 0.3) is 0 Å². The number of alkyl halides is 1. The highest BCUT2D eigenvalue weighted by atomic mass is 35.5. The van der Waals surface area contributed by atoms with Gasteiger partial charge < -0.3 is 14.2 Å². The normalized spacial score (nSPS) is 16.7. The quantitative estimate of drug-likeness (QED) is 0.348. The average Bonchev–Trinajstić information content (AvgIpc) is 2.82. The average molecular weight is 551 g/mol. The largest absolute Gasteiger partial charge is 0.493 e. The van der Waals surface area contributed by atoms with Crippen LogP contribution in [-0.4, -0.2) is 65.3 Å². The summed E-state index contributed by atoms with van der Waals surface area (Å²) in [4.78, 5) is 2.48. The smallest absolute Gasteiger partial charge is 0.206 e. The van der Waals surface area contributed by atoms with E-state index < -0.39 is 9.84 Å². The van der Waals surface area contributed by atoms with Crippen LogP contribution >= 0.6 is 34.8 Å². The van der Waals surface area contributed by atoms with Gasteiger partial charge in [-0.2, -0.15) is 0 Å². The lowest BCUT2D eigenvalue weighted by Gasteiger charge is -2.29. The monoisotopic (exact) mass is 549 g/mol. The van der Waals surface area contributed by atoms with Gasteiger partial charge in [0.25, 0.3) is 0 Å². The van der Waals surface area contributed by atoms with E-state index in [4.69, 9.17) is 49.0 Å². The Bertz CT molecular complexity index is 1020. The van der Waals surface area contributed by atoms with Crippen LogP contribution in [0, 0.1) is 11.8 Å². The molecule has 188 valence electrons. The van der Waals surface area contributed by atoms with Crippen LogP contribution in [-0.2, 0) is 14.6 Å². The molecule has 0 bridgehead atoms. The van der Waals surface area contributed by atoms with Crippen molar-refractivity contribution in [3.05, 3.63) is 46.4 Å². The van der Waals surface area contributed by atoms with Crippen molar-refractivity contribution in [2.24, 2.45) is 11.8 Å². The number of ether oxygens (including phenoxy) is 3. The van der Waals surface area contributed by atoms with E-state index in [1.165, 1.54) is 24.3 Å². The fourth-order valence-electron chi connectivity index (χ4n) is 3.47. The molecule has 0 unspecified atom stereocenters. The molecule has 1 saturated heterocycles. The molecule has 1 aliphatic rings. The summed E-state index contributed by atoms with van der Waals surface area (Å²) >= 11 is 18.4. The molecule has 2 aromatic rings. The number of benzene rings is 2. The summed E-state index contributed by atoms with van der Waals surface area (Å²) in [6.45, 7) is 9.25. The molecule has 0 aromatic heterocycles. The minimum Gasteiger partial charge on any atom is -0.493 e. The minimum atomic E-state index is -3.82. The molecule has 1 heterocycles. The molecule has 0 radical (unpaired) electrons. The highest BCUT2D eigenvalue weighted by Gasteiger charge is 2.22. The van der Waals surface area contributed by atoms with Crippen LogP contribution in [0.3, 0.4) is 0 Å². The molecule has 10 heteroatoms. The number of rotatable bonds is 11. The molecule has 0 saturated carbocycles. The highest BCUT2D eigenvalue weighted by molar-refractivity contribution is 7.91. The molecule has 34 heavy (non-hydrogen) atoms. The first kappa shape index (κ1) is 27.4. The first-order chi connectivity index (χ1) is 16.2. The summed E-state index contributed by atoms with van der Waals surface area (Å²) in [6.07, 6.45) is 0. The Labute approximate surface area is 216 Å². The zero-order valence-electron chi connectivity index (χ0n) is 19.3. The number of hydrogen-bond donors (Lipinski definition) is 0. The molecule has 1 fully saturated rings. The Kier molecular flexibility index (Phi) is 10.2. The number of morpholine rings is 1. The molecule has 1 aliphatic heterocycles. The third-order valence-electron chi connectivity index (χ3n) is 5.40. The lowest BCUT2D eigenvalue weighted by molar-refractivity contribution is 0.0283. The van der Waals surface area contributed by atoms with Crippen molar-refractivity contribution in [3.63, 3.8) is 0 Å². The summed E-state index contributed by atoms with van der Waals surface area (Å²) in [5, 5.41) is 0.254. The van der Waals surface area contributed by atoms with Gasteiger partial charge in [0.1, 0.15) is 5.75 Å². The fourth-order valence-corrected chi connectivity index (χ4v) is 5.59. The highest BCUT2D eigenvalue weighted by Crippen LogP contribution is 2.37. The van der Waals surface area contributed by atoms with Crippen LogP contribution in [0.15, 0.2) is 46.2 Å². The van der Waals surface area contributed by atoms with Gasteiger partial charge in [-0.25, -0.2) is 8.42 Å². The SMILES string of the molecule is C[C@H](CCl)COc1c(Cl)cc(S(=O)(=O)c2ccc(OC[C@@H](C)CN3CCOCC3)cc2)cc1Cl. The summed E-state index contributed by atoms with van der Waals surface area (Å²) < 4.78 is 43.1. The molecular weight excluding hydrogens is 521 g/mol. The van der Waals surface area contributed by atoms with E-state index in [9.17, 15) is 8.42 Å². The minimum absolute atomic E-state index is 0.00644. The maximum absolute atomic E-state index is 13.1. The van der Waals surface area contributed by atoms with Crippen LogP contribution in [0.5, 0.6) is 11.5 Å². The number of hydrogen-bond acceptors (Lipinski definition) is 6. The number of sulfone groups is 1. The van der Waals surface area contributed by atoms with Crippen LogP contribution in [0.1, 0.15) is 13.8 Å². The van der Waals surface area contributed by atoms with E-state index in [0.717, 1.165) is 32.8 Å². The Morgan fingerprint density at radius 3 is 2.12 bits per heavy atom. The summed E-state index contributed by atoms with van der Waals surface area (Å²) in [5.41, 5.74) is 0. The van der Waals surface area contributed by atoms with E-state index in [2.05, 4.69) is 11.8 Å². The van der Waals surface area contributed by atoms with Gasteiger partial charge in [0.2, 0.25) is 9.84 Å². The topological polar surface area (TPSA) is 65.1 Å². The van der Waals surface area contributed by atoms with Gasteiger partial charge in [-0.3, -0.25) is 4.90 Å². The zero-order chi connectivity index (χ0) is 24.7. The zero-order valence-corrected chi connectivity index (χ0v) is 22.4. The third kappa shape index (κ3) is 7.39. The summed E-state index contributed by atoms with van der Waals surface area (Å²) in [6, 6.07) is 9.05. The molecule has 3 rings (SSSR count). The van der Waals surface area contributed by atoms with Crippen molar-refractivity contribution >= 4 is 44.6 Å². The lowest BCUT2D eigenvalue weighted by atomic mass is 10.2. The van der Waals surface area contributed by atoms with E-state index in [1.807, 2.05) is 6.92 Å². The van der Waals surface area contributed by atoms with E-state index in [-0.39, 0.29) is 31.5 Å². The standard InChI is InChI=1S/C24H30Cl3NO5S/c1-17(13-25)15-33-24-22(26)11-21(12-23(24)27)34(29,30)20-5-3-19(4-6-20)32-16-18(2)14-28-7-9-31-10-8-28/h3-6,11-12,17-18H,7-10,13-16H2,1-2H3/t17-,18+/m1/s1. The van der Waals surface area contributed by atoms with Crippen molar-refractivity contribution < 1.29 is 22.6 Å². The van der Waals surface area contributed by atoms with Crippen LogP contribution in [0.2, 0.25) is 10.0 Å². The molecule has 0 aliphatic carbocycles. The molecule has 0 amide bonds. The molecular formula is C24H30Cl3NO5S. The van der Waals surface area contributed by atoms with Crippen LogP contribution < -0.4 is 9.47 Å². The Balaban J connectivity index is 1.63. The van der Waals surface area contributed by atoms with Crippen molar-refractivity contribution in [1.82, 2.24) is 4.90 Å². The van der Waals surface area contributed by atoms with Gasteiger partial charge >= 0.3 is 0 Å². The Morgan fingerprint density at radius 1 is 0.941 bits per heavy atom. The van der Waals surface area contributed by atoms with Crippen molar-refractivity contribution in [3.8, 4) is 11.5 Å². The maximum atomic E-state index is 13.1. The second-order valence-electron chi connectivity index (χ2n) is 8.59. The molecule has 2 atom stereocenters. The second-order valence-corrected chi connectivity index (χ2v) is 11.7. The summed E-state index contributed by atoms with van der Waals surface area (Å²) in [7, 11) is -3.82. The Hall–Kier alpha value is -1.22. The number of halogens is 3. The predicted molar refractivity (Wildman–Crippen MR) is 136 cm³/mol. The predicted octanol–water partition coefficient (Wildman–Crippen LogP) is 5.43. The molecule has 0 spiro atoms. The third-order valence-corrected chi connectivity index (χ3v) is 8.24. The number of nitrogens with zero attached hydrogens (tertiary/aromatic N) is 1. The Morgan fingerprint density at radius 2 is 1.53 bits per heavy atom. The molecule has 0 N–H and O–H groups in total. The van der Waals surface area contributed by atoms with Crippen molar-refractivity contribution in [1.29, 1.82) is 0 Å². The van der Waals surface area contributed by atoms with Gasteiger partial charge in [0.05, 0.1) is 46.3 Å². The fraction of sp³-hybridized carbons (Fsp3) is 0.500. The maximum Gasteiger partial charge on any atom is 0.206 e. The first-order valence-electron chi connectivity index (χ1n) is 11.2. The van der Waals surface area contributed by atoms with Crippen molar-refractivity contribution in [2.45, 2.75) is 23.6 Å². The van der Waals surface area contributed by atoms with Gasteiger partial charge in [-0.05, 0) is 36.4 Å². The van der Waals surface area contributed by atoms with Crippen LogP contribution in [0.4, 0.5) is 0 Å².